The second-order valence-electron chi connectivity index (χ2n) is 8.21. The van der Waals surface area contributed by atoms with Gasteiger partial charge in [0.05, 0.1) is 0 Å². The molecule has 1 aromatic carbocycles. The highest BCUT2D eigenvalue weighted by molar-refractivity contribution is 6.06. The molecule has 3 unspecified atom stereocenters. The van der Waals surface area contributed by atoms with Crippen molar-refractivity contribution < 1.29 is 19.2 Å². The predicted octanol–water partition coefficient (Wildman–Crippen LogP) is -0.0239. The first-order chi connectivity index (χ1) is 13.4. The number of nitrogens with zero attached hydrogens (tertiary/aromatic N) is 3. The number of carbonyl (C=O) groups is 4. The van der Waals surface area contributed by atoms with E-state index < -0.39 is 11.9 Å². The molecule has 0 aliphatic carbocycles. The summed E-state index contributed by atoms with van der Waals surface area (Å²) >= 11 is 0. The Bertz CT molecular complexity index is 911. The number of piperazine rings is 1. The van der Waals surface area contributed by atoms with Gasteiger partial charge >= 0.3 is 0 Å². The molecular formula is C20H22N4O4. The zero-order valence-electron chi connectivity index (χ0n) is 15.7. The monoisotopic (exact) mass is 382 g/mol. The third-order valence-corrected chi connectivity index (χ3v) is 6.55. The van der Waals surface area contributed by atoms with Crippen LogP contribution in [0.3, 0.4) is 0 Å². The van der Waals surface area contributed by atoms with Gasteiger partial charge in [-0.15, -0.1) is 0 Å². The summed E-state index contributed by atoms with van der Waals surface area (Å²) in [6.07, 6.45) is 1.59. The number of nitrogens with one attached hydrogen (secondary N) is 1. The second kappa shape index (κ2) is 6.13. The fraction of sp³-hybridized carbons (Fsp3) is 0.500. The smallest absolute Gasteiger partial charge is 0.255 e. The minimum Gasteiger partial charge on any atom is -0.333 e. The Morgan fingerprint density at radius 1 is 1.14 bits per heavy atom. The molecule has 1 N–H and O–H groups in total. The van der Waals surface area contributed by atoms with Gasteiger partial charge in [0.1, 0.15) is 6.04 Å². The summed E-state index contributed by atoms with van der Waals surface area (Å²) in [4.78, 5) is 55.0. The van der Waals surface area contributed by atoms with Gasteiger partial charge in [-0.1, -0.05) is 0 Å². The first-order valence-electron chi connectivity index (χ1n) is 9.71. The van der Waals surface area contributed by atoms with Gasteiger partial charge in [-0.05, 0) is 43.7 Å². The predicted molar refractivity (Wildman–Crippen MR) is 98.3 cm³/mol. The molecule has 5 rings (SSSR count). The first kappa shape index (κ1) is 17.4. The van der Waals surface area contributed by atoms with Crippen molar-refractivity contribution >= 4 is 23.6 Å². The largest absolute Gasteiger partial charge is 0.333 e. The zero-order valence-corrected chi connectivity index (χ0v) is 15.7. The Kier molecular flexibility index (Phi) is 3.80. The van der Waals surface area contributed by atoms with Gasteiger partial charge in [-0.25, -0.2) is 0 Å². The standard InChI is InChI=1S/C20H22N4O4/c1-22-9-14-7-13(22)10-23(14)19(27)11-2-3-15-12(6-11)8-24(20(15)28)16-4-5-17(25)21-18(16)26/h2-3,6,13-14,16H,4-5,7-10H2,1H3,(H,21,25,26). The summed E-state index contributed by atoms with van der Waals surface area (Å²) in [6.45, 7) is 1.94. The van der Waals surface area contributed by atoms with Crippen LogP contribution in [0.25, 0.3) is 0 Å². The highest BCUT2D eigenvalue weighted by Gasteiger charge is 2.44. The lowest BCUT2D eigenvalue weighted by Crippen LogP contribution is -2.52. The molecule has 0 aromatic heterocycles. The lowest BCUT2D eigenvalue weighted by atomic mass is 10.0. The van der Waals surface area contributed by atoms with Crippen molar-refractivity contribution in [2.24, 2.45) is 0 Å². The molecule has 0 radical (unpaired) electrons. The van der Waals surface area contributed by atoms with E-state index in [-0.39, 0.29) is 36.7 Å². The number of likely N-dealkylation sites (N-methyl/N-ethyl adjacent to an activating group) is 1. The van der Waals surface area contributed by atoms with Gasteiger partial charge < -0.3 is 9.80 Å². The van der Waals surface area contributed by atoms with E-state index in [1.54, 1.807) is 18.2 Å². The number of piperidine rings is 1. The van der Waals surface area contributed by atoms with Crippen LogP contribution < -0.4 is 5.32 Å². The first-order valence-corrected chi connectivity index (χ1v) is 9.71. The van der Waals surface area contributed by atoms with E-state index in [9.17, 15) is 19.2 Å². The van der Waals surface area contributed by atoms with Crippen LogP contribution in [0.15, 0.2) is 18.2 Å². The van der Waals surface area contributed by atoms with E-state index in [2.05, 4.69) is 17.3 Å². The second-order valence-corrected chi connectivity index (χ2v) is 8.21. The fourth-order valence-electron chi connectivity index (χ4n) is 4.99. The number of benzene rings is 1. The van der Waals surface area contributed by atoms with Crippen molar-refractivity contribution in [3.8, 4) is 0 Å². The number of likely N-dealkylation sites (tertiary alicyclic amines) is 2. The van der Waals surface area contributed by atoms with Gasteiger partial charge in [-0.3, -0.25) is 29.4 Å². The zero-order chi connectivity index (χ0) is 19.6. The molecule has 3 saturated heterocycles. The Balaban J connectivity index is 1.35. The molecule has 4 amide bonds. The molecule has 0 saturated carbocycles. The topological polar surface area (TPSA) is 90.0 Å². The van der Waals surface area contributed by atoms with Crippen LogP contribution in [0.1, 0.15) is 45.5 Å². The van der Waals surface area contributed by atoms with Crippen LogP contribution >= 0.6 is 0 Å². The maximum Gasteiger partial charge on any atom is 0.255 e. The number of amides is 4. The highest BCUT2D eigenvalue weighted by Crippen LogP contribution is 2.32. The number of imide groups is 1. The normalized spacial score (nSPS) is 29.5. The number of hydrogen-bond donors (Lipinski definition) is 1. The highest BCUT2D eigenvalue weighted by atomic mass is 16.2. The molecule has 1 aromatic rings. The van der Waals surface area contributed by atoms with Crippen LogP contribution in [-0.2, 0) is 16.1 Å². The number of fused-ring (bicyclic) bond motifs is 3. The van der Waals surface area contributed by atoms with Crippen LogP contribution in [0.4, 0.5) is 0 Å². The van der Waals surface area contributed by atoms with Gasteiger partial charge in [0, 0.05) is 49.3 Å². The van der Waals surface area contributed by atoms with Crippen molar-refractivity contribution in [2.75, 3.05) is 20.1 Å². The third kappa shape index (κ3) is 2.55. The molecule has 4 heterocycles. The fourth-order valence-corrected chi connectivity index (χ4v) is 4.99. The molecule has 0 spiro atoms. The minimum absolute atomic E-state index is 0.00954. The molecule has 8 nitrogen and oxygen atoms in total. The van der Waals surface area contributed by atoms with E-state index >= 15 is 0 Å². The molecule has 146 valence electrons. The maximum atomic E-state index is 13.0. The van der Waals surface area contributed by atoms with E-state index in [0.29, 0.717) is 23.6 Å². The molecule has 8 heteroatoms. The van der Waals surface area contributed by atoms with E-state index in [1.807, 2.05) is 4.90 Å². The Hall–Kier alpha value is -2.74. The van der Waals surface area contributed by atoms with Crippen molar-refractivity contribution in [3.63, 3.8) is 0 Å². The van der Waals surface area contributed by atoms with Crippen molar-refractivity contribution in [1.82, 2.24) is 20.0 Å². The third-order valence-electron chi connectivity index (χ3n) is 6.55. The summed E-state index contributed by atoms with van der Waals surface area (Å²) < 4.78 is 0. The average Bonchev–Trinajstić information content (AvgIpc) is 3.33. The van der Waals surface area contributed by atoms with Crippen molar-refractivity contribution in [1.29, 1.82) is 0 Å². The summed E-state index contributed by atoms with van der Waals surface area (Å²) in [6, 6.07) is 5.25. The lowest BCUT2D eigenvalue weighted by Gasteiger charge is -2.32. The molecule has 4 aliphatic heterocycles. The Labute approximate surface area is 162 Å². The quantitative estimate of drug-likeness (QED) is 0.726. The molecule has 3 fully saturated rings. The van der Waals surface area contributed by atoms with Crippen LogP contribution in [-0.4, -0.2) is 76.6 Å². The van der Waals surface area contributed by atoms with Crippen LogP contribution in [0.2, 0.25) is 0 Å². The maximum absolute atomic E-state index is 13.0. The average molecular weight is 382 g/mol. The Morgan fingerprint density at radius 3 is 2.64 bits per heavy atom. The van der Waals surface area contributed by atoms with E-state index in [1.165, 1.54) is 4.90 Å². The molecule has 2 bridgehead atoms. The van der Waals surface area contributed by atoms with Gasteiger partial charge in [0.25, 0.3) is 11.8 Å². The number of rotatable bonds is 2. The Morgan fingerprint density at radius 2 is 1.96 bits per heavy atom. The summed E-state index contributed by atoms with van der Waals surface area (Å²) in [7, 11) is 2.09. The van der Waals surface area contributed by atoms with Gasteiger partial charge in [0.2, 0.25) is 11.8 Å². The SMILES string of the molecule is CN1CC2CC1CN2C(=O)c1ccc2c(c1)CN(C1CCC(=O)NC1=O)C2=O. The summed E-state index contributed by atoms with van der Waals surface area (Å²) in [5.41, 5.74) is 1.89. The van der Waals surface area contributed by atoms with Gasteiger partial charge in [-0.2, -0.15) is 0 Å². The number of carbonyl (C=O) groups excluding carboxylic acids is 4. The molecule has 28 heavy (non-hydrogen) atoms. The summed E-state index contributed by atoms with van der Waals surface area (Å²) in [5, 5.41) is 2.30. The summed E-state index contributed by atoms with van der Waals surface area (Å²) in [5.74, 6) is -0.935. The van der Waals surface area contributed by atoms with Gasteiger partial charge in [0.15, 0.2) is 0 Å². The minimum atomic E-state index is -0.637. The van der Waals surface area contributed by atoms with Crippen molar-refractivity contribution in [2.45, 2.75) is 43.9 Å². The van der Waals surface area contributed by atoms with Crippen LogP contribution in [0, 0.1) is 0 Å². The van der Waals surface area contributed by atoms with E-state index in [0.717, 1.165) is 25.1 Å². The molecular weight excluding hydrogens is 360 g/mol. The van der Waals surface area contributed by atoms with E-state index in [4.69, 9.17) is 0 Å². The molecule has 3 atom stereocenters. The van der Waals surface area contributed by atoms with Crippen molar-refractivity contribution in [3.05, 3.63) is 34.9 Å². The number of hydrogen-bond acceptors (Lipinski definition) is 5. The lowest BCUT2D eigenvalue weighted by molar-refractivity contribution is -0.136. The molecule has 4 aliphatic rings. The van der Waals surface area contributed by atoms with Crippen LogP contribution in [0.5, 0.6) is 0 Å².